The number of benzene rings is 2. The van der Waals surface area contributed by atoms with Crippen molar-refractivity contribution in [1.82, 2.24) is 15.2 Å². The minimum atomic E-state index is -0.0961. The fourth-order valence-corrected chi connectivity index (χ4v) is 2.44. The number of fused-ring (bicyclic) bond motifs is 5. The normalized spacial score (nSPS) is 11.4. The van der Waals surface area contributed by atoms with E-state index in [9.17, 15) is 4.79 Å². The van der Waals surface area contributed by atoms with Crippen LogP contribution in [0.1, 0.15) is 0 Å². The Hall–Kier alpha value is -2.75. The summed E-state index contributed by atoms with van der Waals surface area (Å²) < 4.78 is 0. The van der Waals surface area contributed by atoms with Crippen molar-refractivity contribution in [2.45, 2.75) is 0 Å². The highest BCUT2D eigenvalue weighted by Crippen LogP contribution is 2.23. The quantitative estimate of drug-likeness (QED) is 0.486. The number of rotatable bonds is 0. The van der Waals surface area contributed by atoms with Crippen molar-refractivity contribution in [2.24, 2.45) is 0 Å². The highest BCUT2D eigenvalue weighted by atomic mass is 16.1. The Labute approximate surface area is 107 Å². The molecule has 2 aromatic carbocycles. The zero-order valence-electron chi connectivity index (χ0n) is 9.92. The average Bonchev–Trinajstić information content (AvgIpc) is 2.47. The molecule has 0 fully saturated rings. The Morgan fingerprint density at radius 3 is 2.32 bits per heavy atom. The molecule has 90 valence electrons. The molecule has 0 unspecified atom stereocenters. The maximum Gasteiger partial charge on any atom is 0.256 e. The molecule has 19 heavy (non-hydrogen) atoms. The number of aromatic nitrogens is 3. The summed E-state index contributed by atoms with van der Waals surface area (Å²) in [5.41, 5.74) is 2.16. The number of pyridine rings is 1. The summed E-state index contributed by atoms with van der Waals surface area (Å²) in [5.74, 6) is 0. The van der Waals surface area contributed by atoms with Crippen LogP contribution < -0.4 is 5.56 Å². The lowest BCUT2D eigenvalue weighted by molar-refractivity contribution is 1.12. The van der Waals surface area contributed by atoms with Gasteiger partial charge in [-0.05, 0) is 12.1 Å². The van der Waals surface area contributed by atoms with Gasteiger partial charge in [-0.1, -0.05) is 36.4 Å². The van der Waals surface area contributed by atoms with Gasteiger partial charge in [-0.2, -0.15) is 0 Å². The topological polar surface area (TPSA) is 58.6 Å². The van der Waals surface area contributed by atoms with Crippen LogP contribution in [0.4, 0.5) is 0 Å². The predicted octanol–water partition coefficient (Wildman–Crippen LogP) is 2.62. The van der Waals surface area contributed by atoms with Crippen LogP contribution in [0.3, 0.4) is 0 Å². The molecule has 0 amide bonds. The van der Waals surface area contributed by atoms with Crippen LogP contribution in [0.5, 0.6) is 0 Å². The highest BCUT2D eigenvalue weighted by Gasteiger charge is 2.09. The molecule has 0 atom stereocenters. The van der Waals surface area contributed by atoms with Crippen molar-refractivity contribution in [3.05, 3.63) is 58.9 Å². The zero-order valence-corrected chi connectivity index (χ0v) is 9.92. The van der Waals surface area contributed by atoms with Crippen LogP contribution in [0.15, 0.2) is 53.3 Å². The van der Waals surface area contributed by atoms with Crippen molar-refractivity contribution in [2.75, 3.05) is 0 Å². The van der Waals surface area contributed by atoms with Gasteiger partial charge in [0, 0.05) is 16.2 Å². The minimum Gasteiger partial charge on any atom is -0.319 e. The molecule has 0 saturated carbocycles. The largest absolute Gasteiger partial charge is 0.319 e. The Bertz CT molecular complexity index is 989. The van der Waals surface area contributed by atoms with Crippen LogP contribution in [0.2, 0.25) is 0 Å². The number of hydrogen-bond acceptors (Lipinski definition) is 3. The van der Waals surface area contributed by atoms with Crippen LogP contribution >= 0.6 is 0 Å². The number of aromatic amines is 1. The Kier molecular flexibility index (Phi) is 1.94. The molecule has 0 saturated heterocycles. The van der Waals surface area contributed by atoms with Crippen molar-refractivity contribution in [3.8, 4) is 0 Å². The van der Waals surface area contributed by atoms with Gasteiger partial charge in [0.05, 0.1) is 11.0 Å². The fourth-order valence-electron chi connectivity index (χ4n) is 2.44. The standard InChI is InChI=1S/C15H9N3O/c19-15-10-6-2-1-5-9(10)14-13(16-15)11-7-3-4-8-12(11)17-18-14/h1-8H,(H,16,19). The lowest BCUT2D eigenvalue weighted by Crippen LogP contribution is -2.07. The Balaban J connectivity index is 2.37. The first-order valence-electron chi connectivity index (χ1n) is 6.01. The molecule has 0 radical (unpaired) electrons. The van der Waals surface area contributed by atoms with Crippen molar-refractivity contribution in [1.29, 1.82) is 0 Å². The third kappa shape index (κ3) is 1.37. The minimum absolute atomic E-state index is 0.0961. The molecule has 4 rings (SSSR count). The van der Waals surface area contributed by atoms with Gasteiger partial charge in [-0.3, -0.25) is 4.79 Å². The van der Waals surface area contributed by atoms with E-state index in [1.54, 1.807) is 6.07 Å². The van der Waals surface area contributed by atoms with E-state index in [0.717, 1.165) is 27.3 Å². The van der Waals surface area contributed by atoms with Crippen LogP contribution in [0.25, 0.3) is 32.7 Å². The van der Waals surface area contributed by atoms with Gasteiger partial charge < -0.3 is 4.98 Å². The molecule has 4 nitrogen and oxygen atoms in total. The fraction of sp³-hybridized carbons (Fsp3) is 0. The smallest absolute Gasteiger partial charge is 0.256 e. The molecule has 0 spiro atoms. The summed E-state index contributed by atoms with van der Waals surface area (Å²) >= 11 is 0. The summed E-state index contributed by atoms with van der Waals surface area (Å²) in [7, 11) is 0. The highest BCUT2D eigenvalue weighted by molar-refractivity contribution is 6.11. The van der Waals surface area contributed by atoms with Crippen LogP contribution in [-0.4, -0.2) is 15.2 Å². The molecule has 2 heterocycles. The third-order valence-corrected chi connectivity index (χ3v) is 3.33. The van der Waals surface area contributed by atoms with Gasteiger partial charge in [-0.25, -0.2) is 0 Å². The monoisotopic (exact) mass is 247 g/mol. The van der Waals surface area contributed by atoms with Crippen molar-refractivity contribution < 1.29 is 0 Å². The lowest BCUT2D eigenvalue weighted by atomic mass is 10.1. The van der Waals surface area contributed by atoms with Gasteiger partial charge in [0.1, 0.15) is 5.52 Å². The maximum atomic E-state index is 12.1. The molecule has 4 heteroatoms. The average molecular weight is 247 g/mol. The van der Waals surface area contributed by atoms with E-state index >= 15 is 0 Å². The molecule has 0 aliphatic carbocycles. The number of nitrogens with zero attached hydrogens (tertiary/aromatic N) is 2. The summed E-state index contributed by atoms with van der Waals surface area (Å²) in [4.78, 5) is 15.1. The molecule has 4 aromatic rings. The summed E-state index contributed by atoms with van der Waals surface area (Å²) in [6.45, 7) is 0. The van der Waals surface area contributed by atoms with Gasteiger partial charge in [0.15, 0.2) is 0 Å². The third-order valence-electron chi connectivity index (χ3n) is 3.33. The first-order chi connectivity index (χ1) is 9.34. The predicted molar refractivity (Wildman–Crippen MR) is 75.2 cm³/mol. The van der Waals surface area contributed by atoms with Crippen LogP contribution in [0, 0.1) is 0 Å². The maximum absolute atomic E-state index is 12.1. The van der Waals surface area contributed by atoms with E-state index in [2.05, 4.69) is 15.2 Å². The van der Waals surface area contributed by atoms with E-state index in [1.165, 1.54) is 0 Å². The van der Waals surface area contributed by atoms with Gasteiger partial charge >= 0.3 is 0 Å². The first-order valence-corrected chi connectivity index (χ1v) is 6.01. The summed E-state index contributed by atoms with van der Waals surface area (Å²) in [6.07, 6.45) is 0. The zero-order chi connectivity index (χ0) is 12.8. The van der Waals surface area contributed by atoms with Crippen molar-refractivity contribution in [3.63, 3.8) is 0 Å². The Morgan fingerprint density at radius 2 is 1.47 bits per heavy atom. The van der Waals surface area contributed by atoms with E-state index in [4.69, 9.17) is 0 Å². The van der Waals surface area contributed by atoms with E-state index in [1.807, 2.05) is 42.5 Å². The van der Waals surface area contributed by atoms with Gasteiger partial charge in [0.2, 0.25) is 0 Å². The van der Waals surface area contributed by atoms with Gasteiger partial charge in [0.25, 0.3) is 5.56 Å². The summed E-state index contributed by atoms with van der Waals surface area (Å²) in [5, 5.41) is 10.9. The molecule has 1 N–H and O–H groups in total. The second-order valence-corrected chi connectivity index (χ2v) is 4.44. The number of H-pyrrole nitrogens is 1. The van der Waals surface area contributed by atoms with Crippen molar-refractivity contribution >= 4 is 32.7 Å². The van der Waals surface area contributed by atoms with E-state index in [-0.39, 0.29) is 5.56 Å². The van der Waals surface area contributed by atoms with Gasteiger partial charge in [-0.15, -0.1) is 10.2 Å². The first kappa shape index (κ1) is 10.2. The molecular formula is C15H9N3O. The van der Waals surface area contributed by atoms with E-state index in [0.29, 0.717) is 5.39 Å². The Morgan fingerprint density at radius 1 is 0.789 bits per heavy atom. The molecular weight excluding hydrogens is 238 g/mol. The molecule has 2 aromatic heterocycles. The number of hydrogen-bond donors (Lipinski definition) is 1. The van der Waals surface area contributed by atoms with E-state index < -0.39 is 0 Å². The summed E-state index contributed by atoms with van der Waals surface area (Å²) in [6, 6.07) is 15.1. The lowest BCUT2D eigenvalue weighted by Gasteiger charge is -2.04. The second kappa shape index (κ2) is 3.62. The second-order valence-electron chi connectivity index (χ2n) is 4.44. The number of nitrogens with one attached hydrogen (secondary N) is 1. The molecule has 0 aliphatic heterocycles. The van der Waals surface area contributed by atoms with Crippen LogP contribution in [-0.2, 0) is 0 Å². The molecule has 0 bridgehead atoms. The molecule has 0 aliphatic rings. The SMILES string of the molecule is O=c1[nH]c2c3ccccc3nnc2c2ccccc12.